The molecule has 5 rings (SSSR count). The summed E-state index contributed by atoms with van der Waals surface area (Å²) in [4.78, 5) is 29.2. The summed E-state index contributed by atoms with van der Waals surface area (Å²) in [5.74, 6) is 0.304. The van der Waals surface area contributed by atoms with E-state index in [9.17, 15) is 9.59 Å². The van der Waals surface area contributed by atoms with Gasteiger partial charge in [-0.15, -0.1) is 0 Å². The molecule has 116 valence electrons. The van der Waals surface area contributed by atoms with Crippen LogP contribution >= 0.6 is 15.9 Å². The number of urea groups is 1. The van der Waals surface area contributed by atoms with E-state index in [0.29, 0.717) is 11.6 Å². The first-order valence-corrected chi connectivity index (χ1v) is 8.79. The van der Waals surface area contributed by atoms with E-state index >= 15 is 0 Å². The predicted molar refractivity (Wildman–Crippen MR) is 91.3 cm³/mol. The summed E-state index contributed by atoms with van der Waals surface area (Å²) in [6.07, 6.45) is 3.10. The second-order valence-corrected chi connectivity index (χ2v) is 7.50. The Labute approximate surface area is 142 Å². The molecule has 2 aromatic rings. The molecule has 23 heavy (non-hydrogen) atoms. The molecule has 0 aromatic heterocycles. The summed E-state index contributed by atoms with van der Waals surface area (Å²) < 4.78 is 0.969. The number of hydrogen-bond donors (Lipinski definition) is 0. The molecule has 2 saturated heterocycles. The molecule has 0 spiro atoms. The summed E-state index contributed by atoms with van der Waals surface area (Å²) in [7, 11) is 0. The number of benzene rings is 2. The van der Waals surface area contributed by atoms with E-state index in [1.807, 2.05) is 41.3 Å². The Bertz CT molecular complexity index is 837. The van der Waals surface area contributed by atoms with E-state index < -0.39 is 0 Å². The Hall–Kier alpha value is -1.88. The van der Waals surface area contributed by atoms with Gasteiger partial charge in [-0.1, -0.05) is 40.2 Å². The number of fused-ring (bicyclic) bond motifs is 6. The first-order chi connectivity index (χ1) is 11.2. The number of amides is 3. The fourth-order valence-electron chi connectivity index (χ4n) is 4.59. The third-order valence-electron chi connectivity index (χ3n) is 5.56. The summed E-state index contributed by atoms with van der Waals surface area (Å²) in [6.45, 7) is 0. The lowest BCUT2D eigenvalue weighted by atomic mass is 9.99. The first kappa shape index (κ1) is 13.5. The summed E-state index contributed by atoms with van der Waals surface area (Å²) in [5, 5.41) is 1.94. The zero-order valence-electron chi connectivity index (χ0n) is 12.4. The molecule has 4 nitrogen and oxygen atoms in total. The minimum atomic E-state index is -0.233. The maximum absolute atomic E-state index is 13.0. The number of carbonyl (C=O) groups excluding carboxylic acids is 2. The molecular formula is C18H15BrN2O2. The van der Waals surface area contributed by atoms with E-state index in [-0.39, 0.29) is 24.0 Å². The van der Waals surface area contributed by atoms with E-state index in [4.69, 9.17) is 0 Å². The molecule has 3 aliphatic rings. The van der Waals surface area contributed by atoms with Gasteiger partial charge in [-0.25, -0.2) is 9.69 Å². The highest BCUT2D eigenvalue weighted by molar-refractivity contribution is 9.10. The predicted octanol–water partition coefficient (Wildman–Crippen LogP) is 3.92. The Morgan fingerprint density at radius 3 is 2.57 bits per heavy atom. The molecule has 0 radical (unpaired) electrons. The van der Waals surface area contributed by atoms with Gasteiger partial charge in [-0.3, -0.25) is 4.79 Å². The van der Waals surface area contributed by atoms with Gasteiger partial charge >= 0.3 is 6.03 Å². The van der Waals surface area contributed by atoms with Crippen LogP contribution in [0.3, 0.4) is 0 Å². The summed E-state index contributed by atoms with van der Waals surface area (Å²) in [6, 6.07) is 11.5. The van der Waals surface area contributed by atoms with Crippen molar-refractivity contribution in [3.63, 3.8) is 0 Å². The highest BCUT2D eigenvalue weighted by atomic mass is 79.9. The molecule has 3 atom stereocenters. The van der Waals surface area contributed by atoms with Gasteiger partial charge < -0.3 is 4.90 Å². The average Bonchev–Trinajstić information content (AvgIpc) is 3.24. The van der Waals surface area contributed by atoms with Crippen LogP contribution in [0.4, 0.5) is 10.5 Å². The second kappa shape index (κ2) is 4.57. The number of hydrogen-bond acceptors (Lipinski definition) is 2. The lowest BCUT2D eigenvalue weighted by molar-refractivity contribution is -0.120. The van der Waals surface area contributed by atoms with Crippen LogP contribution in [-0.2, 0) is 4.79 Å². The number of halogens is 1. The first-order valence-electron chi connectivity index (χ1n) is 8.00. The van der Waals surface area contributed by atoms with Crippen molar-refractivity contribution in [3.05, 3.63) is 40.9 Å². The molecule has 2 aromatic carbocycles. The molecule has 5 heteroatoms. The average molecular weight is 371 g/mol. The molecule has 2 unspecified atom stereocenters. The number of piperidine rings is 1. The van der Waals surface area contributed by atoms with Crippen molar-refractivity contribution in [1.82, 2.24) is 4.90 Å². The topological polar surface area (TPSA) is 40.6 Å². The monoisotopic (exact) mass is 370 g/mol. The number of rotatable bonds is 1. The SMILES string of the molecule is O=C1[C@@H]2C3CCC(C3)N2C(=O)N1c1ccc(Br)c2ccccc12. The van der Waals surface area contributed by atoms with E-state index in [1.165, 1.54) is 4.90 Å². The molecule has 0 N–H and O–H groups in total. The second-order valence-electron chi connectivity index (χ2n) is 6.65. The van der Waals surface area contributed by atoms with Crippen LogP contribution in [0.15, 0.2) is 40.9 Å². The van der Waals surface area contributed by atoms with Crippen molar-refractivity contribution in [2.45, 2.75) is 31.3 Å². The van der Waals surface area contributed by atoms with Crippen molar-refractivity contribution < 1.29 is 9.59 Å². The molecule has 3 fully saturated rings. The van der Waals surface area contributed by atoms with Gasteiger partial charge in [0.15, 0.2) is 0 Å². The minimum absolute atomic E-state index is 0.0466. The molecule has 2 aliphatic heterocycles. The van der Waals surface area contributed by atoms with Gasteiger partial charge in [0.2, 0.25) is 0 Å². The van der Waals surface area contributed by atoms with Gasteiger partial charge in [0.1, 0.15) is 6.04 Å². The third-order valence-corrected chi connectivity index (χ3v) is 6.25. The van der Waals surface area contributed by atoms with E-state index in [1.54, 1.807) is 0 Å². The highest BCUT2D eigenvalue weighted by Crippen LogP contribution is 2.48. The van der Waals surface area contributed by atoms with Crippen LogP contribution in [0.25, 0.3) is 10.8 Å². The van der Waals surface area contributed by atoms with Crippen LogP contribution in [0.5, 0.6) is 0 Å². The summed E-state index contributed by atoms with van der Waals surface area (Å²) in [5.41, 5.74) is 0.701. The van der Waals surface area contributed by atoms with Gasteiger partial charge in [-0.2, -0.15) is 0 Å². The van der Waals surface area contributed by atoms with Crippen LogP contribution < -0.4 is 4.90 Å². The Morgan fingerprint density at radius 1 is 1.00 bits per heavy atom. The lowest BCUT2D eigenvalue weighted by Crippen LogP contribution is -2.40. The Balaban J connectivity index is 1.67. The number of nitrogens with zero attached hydrogens (tertiary/aromatic N) is 2. The molecule has 2 heterocycles. The van der Waals surface area contributed by atoms with Crippen molar-refractivity contribution in [2.75, 3.05) is 4.90 Å². The maximum Gasteiger partial charge on any atom is 0.332 e. The zero-order chi connectivity index (χ0) is 15.7. The number of anilines is 1. The standard InChI is InChI=1S/C18H15BrN2O2/c19-14-7-8-15(13-4-2-1-3-12(13)14)21-17(22)16-10-5-6-11(9-10)20(16)18(21)23/h1-4,7-8,10-11,16H,5-6,9H2/t10?,11?,16-/m0/s1. The zero-order valence-corrected chi connectivity index (χ0v) is 14.0. The Kier molecular flexibility index (Phi) is 2.69. The summed E-state index contributed by atoms with van der Waals surface area (Å²) >= 11 is 3.55. The van der Waals surface area contributed by atoms with Gasteiger partial charge in [0, 0.05) is 15.9 Å². The van der Waals surface area contributed by atoms with Crippen molar-refractivity contribution in [3.8, 4) is 0 Å². The largest absolute Gasteiger partial charge is 0.332 e. The van der Waals surface area contributed by atoms with Crippen LogP contribution in [0.2, 0.25) is 0 Å². The highest BCUT2D eigenvalue weighted by Gasteiger charge is 2.59. The Morgan fingerprint density at radius 2 is 1.78 bits per heavy atom. The molecule has 3 amide bonds. The quantitative estimate of drug-likeness (QED) is 0.713. The van der Waals surface area contributed by atoms with Crippen molar-refractivity contribution in [2.24, 2.45) is 5.92 Å². The van der Waals surface area contributed by atoms with Crippen LogP contribution in [0.1, 0.15) is 19.3 Å². The smallest absolute Gasteiger partial charge is 0.309 e. The van der Waals surface area contributed by atoms with Crippen LogP contribution in [-0.4, -0.2) is 28.9 Å². The fraction of sp³-hybridized carbons (Fsp3) is 0.333. The third kappa shape index (κ3) is 1.66. The fourth-order valence-corrected chi connectivity index (χ4v) is 5.06. The molecular weight excluding hydrogens is 356 g/mol. The molecule has 1 aliphatic carbocycles. The van der Waals surface area contributed by atoms with Crippen LogP contribution in [0, 0.1) is 5.92 Å². The van der Waals surface area contributed by atoms with E-state index in [0.717, 1.165) is 34.5 Å². The van der Waals surface area contributed by atoms with Gasteiger partial charge in [0.25, 0.3) is 5.91 Å². The lowest BCUT2D eigenvalue weighted by Gasteiger charge is -2.25. The van der Waals surface area contributed by atoms with Gasteiger partial charge in [-0.05, 0) is 42.7 Å². The number of carbonyl (C=O) groups is 2. The van der Waals surface area contributed by atoms with Gasteiger partial charge in [0.05, 0.1) is 5.69 Å². The van der Waals surface area contributed by atoms with E-state index in [2.05, 4.69) is 15.9 Å². The van der Waals surface area contributed by atoms with Crippen molar-refractivity contribution in [1.29, 1.82) is 0 Å². The number of imide groups is 1. The minimum Gasteiger partial charge on any atom is -0.309 e. The maximum atomic E-state index is 13.0. The van der Waals surface area contributed by atoms with Crippen molar-refractivity contribution >= 4 is 44.3 Å². The normalized spacial score (nSPS) is 29.0. The molecule has 2 bridgehead atoms. The molecule has 1 saturated carbocycles.